The average molecular weight is 305 g/mol. The predicted octanol–water partition coefficient (Wildman–Crippen LogP) is 0.502. The van der Waals surface area contributed by atoms with Gasteiger partial charge in [0.2, 0.25) is 5.91 Å². The van der Waals surface area contributed by atoms with Crippen molar-refractivity contribution in [1.29, 1.82) is 0 Å². The van der Waals surface area contributed by atoms with Gasteiger partial charge in [-0.15, -0.1) is 0 Å². The third kappa shape index (κ3) is 1.64. The molecule has 0 saturated heterocycles. The summed E-state index contributed by atoms with van der Waals surface area (Å²) in [6.07, 6.45) is 0. The zero-order chi connectivity index (χ0) is 11.9. The molecule has 1 unspecified atom stereocenters. The van der Waals surface area contributed by atoms with Crippen LogP contribution in [0.1, 0.15) is 0 Å². The Morgan fingerprint density at radius 1 is 1.44 bits per heavy atom. The van der Waals surface area contributed by atoms with Crippen LogP contribution in [-0.2, 0) is 14.6 Å². The molecule has 1 aromatic rings. The van der Waals surface area contributed by atoms with Crippen LogP contribution < -0.4 is 11.1 Å². The maximum atomic E-state index is 12.0. The quantitative estimate of drug-likeness (QED) is 0.791. The molecule has 1 aromatic carbocycles. The van der Waals surface area contributed by atoms with Crippen molar-refractivity contribution in [3.05, 3.63) is 22.7 Å². The summed E-state index contributed by atoms with van der Waals surface area (Å²) in [5.41, 5.74) is 5.62. The molecule has 1 atom stereocenters. The Kier molecular flexibility index (Phi) is 2.77. The first-order valence-electron chi connectivity index (χ1n) is 4.51. The number of halogens is 1. The fraction of sp³-hybridized carbons (Fsp3) is 0.222. The molecule has 86 valence electrons. The summed E-state index contributed by atoms with van der Waals surface area (Å²) in [6, 6.07) is 4.67. The van der Waals surface area contributed by atoms with Crippen LogP contribution in [0.25, 0.3) is 0 Å². The van der Waals surface area contributed by atoms with Crippen LogP contribution in [0.3, 0.4) is 0 Å². The molecule has 3 N–H and O–H groups in total. The van der Waals surface area contributed by atoms with Gasteiger partial charge in [-0.2, -0.15) is 0 Å². The number of hydrogen-bond acceptors (Lipinski definition) is 4. The summed E-state index contributed by atoms with van der Waals surface area (Å²) in [4.78, 5) is 11.6. The molecule has 7 heteroatoms. The van der Waals surface area contributed by atoms with E-state index in [0.717, 1.165) is 0 Å². The molecule has 0 spiro atoms. The minimum Gasteiger partial charge on any atom is -0.329 e. The van der Waals surface area contributed by atoms with Gasteiger partial charge in [0.05, 0.1) is 10.6 Å². The highest BCUT2D eigenvalue weighted by molar-refractivity contribution is 9.10. The predicted molar refractivity (Wildman–Crippen MR) is 62.8 cm³/mol. The third-order valence-electron chi connectivity index (χ3n) is 2.39. The second kappa shape index (κ2) is 3.83. The molecule has 0 fully saturated rings. The van der Waals surface area contributed by atoms with Gasteiger partial charge in [-0.25, -0.2) is 8.42 Å². The van der Waals surface area contributed by atoms with Crippen LogP contribution in [-0.4, -0.2) is 26.1 Å². The van der Waals surface area contributed by atoms with Crippen LogP contribution in [0.15, 0.2) is 27.6 Å². The number of nitrogens with one attached hydrogen (secondary N) is 1. The molecule has 1 aliphatic heterocycles. The van der Waals surface area contributed by atoms with E-state index in [-0.39, 0.29) is 11.4 Å². The van der Waals surface area contributed by atoms with E-state index in [4.69, 9.17) is 5.73 Å². The Morgan fingerprint density at radius 3 is 2.75 bits per heavy atom. The van der Waals surface area contributed by atoms with E-state index in [9.17, 15) is 13.2 Å². The normalized spacial score (nSPS) is 22.4. The first-order chi connectivity index (χ1) is 7.46. The number of carbonyl (C=O) groups is 1. The molecule has 1 amide bonds. The van der Waals surface area contributed by atoms with E-state index in [0.29, 0.717) is 10.2 Å². The number of rotatable bonds is 1. The van der Waals surface area contributed by atoms with Gasteiger partial charge >= 0.3 is 0 Å². The third-order valence-corrected chi connectivity index (χ3v) is 4.99. The van der Waals surface area contributed by atoms with E-state index >= 15 is 0 Å². The lowest BCUT2D eigenvalue weighted by Gasteiger charge is -2.23. The van der Waals surface area contributed by atoms with Crippen molar-refractivity contribution in [3.63, 3.8) is 0 Å². The molecule has 16 heavy (non-hydrogen) atoms. The molecule has 1 aliphatic rings. The lowest BCUT2D eigenvalue weighted by atomic mass is 10.3. The number of benzene rings is 1. The summed E-state index contributed by atoms with van der Waals surface area (Å²) in [6.45, 7) is -0.222. The molecule has 0 radical (unpaired) electrons. The molecular weight excluding hydrogens is 296 g/mol. The van der Waals surface area contributed by atoms with E-state index in [1.54, 1.807) is 12.1 Å². The molecule has 2 rings (SSSR count). The van der Waals surface area contributed by atoms with Crippen molar-refractivity contribution >= 4 is 37.4 Å². The number of fused-ring (bicyclic) bond motifs is 1. The van der Waals surface area contributed by atoms with E-state index in [1.807, 2.05) is 0 Å². The maximum absolute atomic E-state index is 12.0. The van der Waals surface area contributed by atoms with Gasteiger partial charge < -0.3 is 11.1 Å². The Bertz CT molecular complexity index is 556. The average Bonchev–Trinajstić information content (AvgIpc) is 2.19. The van der Waals surface area contributed by atoms with Gasteiger partial charge in [-0.1, -0.05) is 15.9 Å². The number of hydrogen-bond donors (Lipinski definition) is 2. The Labute approximate surface area is 101 Å². The zero-order valence-electron chi connectivity index (χ0n) is 8.10. The lowest BCUT2D eigenvalue weighted by molar-refractivity contribution is -0.115. The van der Waals surface area contributed by atoms with Crippen molar-refractivity contribution < 1.29 is 13.2 Å². The van der Waals surface area contributed by atoms with Gasteiger partial charge in [0, 0.05) is 11.0 Å². The largest absolute Gasteiger partial charge is 0.329 e. The van der Waals surface area contributed by atoms with Crippen LogP contribution >= 0.6 is 15.9 Å². The van der Waals surface area contributed by atoms with Crippen molar-refractivity contribution in [2.24, 2.45) is 5.73 Å². The Balaban J connectivity index is 2.68. The van der Waals surface area contributed by atoms with Gasteiger partial charge in [0.15, 0.2) is 15.1 Å². The Morgan fingerprint density at radius 2 is 2.12 bits per heavy atom. The molecule has 0 aromatic heterocycles. The number of anilines is 1. The topological polar surface area (TPSA) is 89.3 Å². The first-order valence-corrected chi connectivity index (χ1v) is 6.85. The highest BCUT2D eigenvalue weighted by Crippen LogP contribution is 2.32. The summed E-state index contributed by atoms with van der Waals surface area (Å²) >= 11 is 3.19. The van der Waals surface area contributed by atoms with E-state index < -0.39 is 21.0 Å². The van der Waals surface area contributed by atoms with Crippen molar-refractivity contribution in [2.45, 2.75) is 10.1 Å². The number of nitrogens with two attached hydrogens (primary N) is 1. The molecule has 5 nitrogen and oxygen atoms in total. The zero-order valence-corrected chi connectivity index (χ0v) is 10.5. The van der Waals surface area contributed by atoms with Gasteiger partial charge in [-0.3, -0.25) is 4.79 Å². The monoisotopic (exact) mass is 304 g/mol. The molecule has 1 heterocycles. The van der Waals surface area contributed by atoms with Crippen molar-refractivity contribution in [2.75, 3.05) is 11.9 Å². The second-order valence-corrected chi connectivity index (χ2v) is 6.41. The van der Waals surface area contributed by atoms with Gasteiger partial charge in [0.1, 0.15) is 0 Å². The van der Waals surface area contributed by atoms with Crippen LogP contribution in [0.4, 0.5) is 5.69 Å². The number of carbonyl (C=O) groups excluding carboxylic acids is 1. The van der Waals surface area contributed by atoms with Crippen molar-refractivity contribution in [3.8, 4) is 0 Å². The highest BCUT2D eigenvalue weighted by Gasteiger charge is 2.39. The summed E-state index contributed by atoms with van der Waals surface area (Å²) in [5, 5.41) is 1.33. The fourth-order valence-corrected chi connectivity index (χ4v) is 3.71. The molecule has 0 aliphatic carbocycles. The van der Waals surface area contributed by atoms with Gasteiger partial charge in [0.25, 0.3) is 0 Å². The maximum Gasteiger partial charge on any atom is 0.244 e. The Hall–Kier alpha value is -0.920. The number of amides is 1. The highest BCUT2D eigenvalue weighted by atomic mass is 79.9. The SMILES string of the molecule is NCC1C(=O)Nc2ccc(Br)cc2S1(=O)=O. The van der Waals surface area contributed by atoms with Crippen LogP contribution in [0.5, 0.6) is 0 Å². The smallest absolute Gasteiger partial charge is 0.244 e. The fourth-order valence-electron chi connectivity index (χ4n) is 1.58. The standard InChI is InChI=1S/C9H9BrN2O3S/c10-5-1-2-6-7(3-5)16(14,15)8(4-11)9(13)12-6/h1-3,8H,4,11H2,(H,12,13). The lowest BCUT2D eigenvalue weighted by Crippen LogP contribution is -2.44. The van der Waals surface area contributed by atoms with E-state index in [2.05, 4.69) is 21.2 Å². The molecule has 0 bridgehead atoms. The van der Waals surface area contributed by atoms with Crippen LogP contribution in [0, 0.1) is 0 Å². The van der Waals surface area contributed by atoms with Crippen LogP contribution in [0.2, 0.25) is 0 Å². The molecular formula is C9H9BrN2O3S. The summed E-state index contributed by atoms with van der Waals surface area (Å²) < 4.78 is 24.7. The van der Waals surface area contributed by atoms with Crippen molar-refractivity contribution in [1.82, 2.24) is 0 Å². The summed E-state index contributed by atoms with van der Waals surface area (Å²) in [7, 11) is -3.67. The number of sulfone groups is 1. The van der Waals surface area contributed by atoms with Gasteiger partial charge in [-0.05, 0) is 18.2 Å². The van der Waals surface area contributed by atoms with E-state index in [1.165, 1.54) is 6.07 Å². The minimum atomic E-state index is -3.67. The summed E-state index contributed by atoms with van der Waals surface area (Å²) in [5.74, 6) is -0.572. The minimum absolute atomic E-state index is 0.108. The first kappa shape index (κ1) is 11.6. The molecule has 0 saturated carbocycles. The second-order valence-electron chi connectivity index (χ2n) is 3.40.